The van der Waals surface area contributed by atoms with Crippen LogP contribution in [0.2, 0.25) is 0 Å². The van der Waals surface area contributed by atoms with Gasteiger partial charge < -0.3 is 16.4 Å². The van der Waals surface area contributed by atoms with E-state index in [1.165, 1.54) is 38.5 Å². The fourth-order valence-electron chi connectivity index (χ4n) is 7.40. The Morgan fingerprint density at radius 1 is 1.10 bits per heavy atom. The number of nitrogens with two attached hydrogens (primary N) is 1. The Morgan fingerprint density at radius 2 is 1.90 bits per heavy atom. The predicted molar refractivity (Wildman–Crippen MR) is 119 cm³/mol. The molecule has 3 fully saturated rings. The standard InChI is InChI=1S/C25H33N3O2/c1-24-12-5-6-17(24)15-9-10-21-25(2,18(15)11-13-24)14-16(23(30)28-21)22(29)27-20-8-4-3-7-19(20)26/h3-4,7-8,14-15,17-18,21H,5-6,9-13,26H2,1-2H3,(H,27,29)(H,28,30)/t15-,17-,18+,21?,24-,25+/m0/s1. The summed E-state index contributed by atoms with van der Waals surface area (Å²) in [5, 5.41) is 6.04. The second kappa shape index (κ2) is 6.86. The lowest BCUT2D eigenvalue weighted by atomic mass is 9.48. The highest BCUT2D eigenvalue weighted by molar-refractivity contribution is 6.23. The molecule has 5 heteroatoms. The molecule has 1 aliphatic heterocycles. The van der Waals surface area contributed by atoms with Crippen molar-refractivity contribution in [2.75, 3.05) is 11.1 Å². The zero-order valence-electron chi connectivity index (χ0n) is 18.0. The number of amides is 2. The Bertz CT molecular complexity index is 925. The van der Waals surface area contributed by atoms with Crippen LogP contribution in [0, 0.1) is 28.6 Å². The van der Waals surface area contributed by atoms with E-state index in [1.54, 1.807) is 12.1 Å². The molecule has 1 aromatic rings. The molecule has 3 saturated carbocycles. The molecular weight excluding hydrogens is 374 g/mol. The molecule has 6 atom stereocenters. The summed E-state index contributed by atoms with van der Waals surface area (Å²) in [4.78, 5) is 25.9. The van der Waals surface area contributed by atoms with E-state index in [0.29, 0.717) is 28.6 Å². The van der Waals surface area contributed by atoms with Gasteiger partial charge in [0.2, 0.25) is 0 Å². The average molecular weight is 408 g/mol. The molecule has 4 aliphatic rings. The lowest BCUT2D eigenvalue weighted by Crippen LogP contribution is -2.60. The van der Waals surface area contributed by atoms with Crippen molar-refractivity contribution in [2.24, 2.45) is 28.6 Å². The number of nitrogen functional groups attached to an aromatic ring is 1. The predicted octanol–water partition coefficient (Wildman–Crippen LogP) is 4.26. The Balaban J connectivity index is 1.46. The summed E-state index contributed by atoms with van der Waals surface area (Å²) in [5.41, 5.74) is 7.58. The molecule has 160 valence electrons. The van der Waals surface area contributed by atoms with Crippen LogP contribution < -0.4 is 16.4 Å². The number of anilines is 2. The number of rotatable bonds is 2. The maximum Gasteiger partial charge on any atom is 0.261 e. The Kier molecular flexibility index (Phi) is 4.49. The summed E-state index contributed by atoms with van der Waals surface area (Å²) < 4.78 is 0. The van der Waals surface area contributed by atoms with Gasteiger partial charge in [0.25, 0.3) is 11.8 Å². The monoisotopic (exact) mass is 407 g/mol. The van der Waals surface area contributed by atoms with E-state index in [1.807, 2.05) is 18.2 Å². The first kappa shape index (κ1) is 19.7. The maximum absolute atomic E-state index is 13.0. The number of benzene rings is 1. The van der Waals surface area contributed by atoms with Crippen LogP contribution >= 0.6 is 0 Å². The van der Waals surface area contributed by atoms with Gasteiger partial charge in [-0.15, -0.1) is 0 Å². The maximum atomic E-state index is 13.0. The van der Waals surface area contributed by atoms with Crippen LogP contribution in [0.1, 0.15) is 58.8 Å². The first-order valence-electron chi connectivity index (χ1n) is 11.5. The van der Waals surface area contributed by atoms with Crippen LogP contribution in [0.4, 0.5) is 11.4 Å². The van der Waals surface area contributed by atoms with Gasteiger partial charge in [-0.25, -0.2) is 0 Å². The molecule has 0 radical (unpaired) electrons. The fourth-order valence-corrected chi connectivity index (χ4v) is 7.40. The molecule has 0 spiro atoms. The second-order valence-electron chi connectivity index (χ2n) is 10.5. The van der Waals surface area contributed by atoms with E-state index < -0.39 is 0 Å². The number of fused-ring (bicyclic) bond motifs is 5. The minimum atomic E-state index is -0.367. The Hall–Kier alpha value is -2.30. The van der Waals surface area contributed by atoms with Gasteiger partial charge in [-0.2, -0.15) is 0 Å². The summed E-state index contributed by atoms with van der Waals surface area (Å²) in [6, 6.07) is 7.28. The van der Waals surface area contributed by atoms with Crippen LogP contribution in [-0.2, 0) is 9.59 Å². The van der Waals surface area contributed by atoms with Gasteiger partial charge >= 0.3 is 0 Å². The summed E-state index contributed by atoms with van der Waals surface area (Å²) in [6.07, 6.45) is 10.7. The molecule has 4 N–H and O–H groups in total. The van der Waals surface area contributed by atoms with Crippen molar-refractivity contribution >= 4 is 23.2 Å². The molecule has 1 heterocycles. The molecule has 1 aromatic carbocycles. The van der Waals surface area contributed by atoms with Crippen molar-refractivity contribution in [3.8, 4) is 0 Å². The molecule has 3 aliphatic carbocycles. The van der Waals surface area contributed by atoms with Crippen molar-refractivity contribution in [1.82, 2.24) is 5.32 Å². The Labute approximate surface area is 178 Å². The lowest BCUT2D eigenvalue weighted by Gasteiger charge is -2.58. The van der Waals surface area contributed by atoms with Crippen molar-refractivity contribution in [2.45, 2.75) is 64.8 Å². The van der Waals surface area contributed by atoms with Crippen LogP contribution in [0.15, 0.2) is 35.9 Å². The van der Waals surface area contributed by atoms with Crippen LogP contribution in [0.5, 0.6) is 0 Å². The summed E-state index contributed by atoms with van der Waals surface area (Å²) >= 11 is 0. The molecule has 0 aromatic heterocycles. The number of para-hydroxylation sites is 2. The van der Waals surface area contributed by atoms with Gasteiger partial charge in [-0.3, -0.25) is 9.59 Å². The first-order chi connectivity index (χ1) is 14.3. The van der Waals surface area contributed by atoms with Crippen LogP contribution in [-0.4, -0.2) is 17.9 Å². The molecule has 5 nitrogen and oxygen atoms in total. The highest BCUT2D eigenvalue weighted by Crippen LogP contribution is 2.63. The van der Waals surface area contributed by atoms with Gasteiger partial charge in [0.1, 0.15) is 5.57 Å². The van der Waals surface area contributed by atoms with Crippen LogP contribution in [0.3, 0.4) is 0 Å². The van der Waals surface area contributed by atoms with E-state index in [9.17, 15) is 9.59 Å². The zero-order chi connectivity index (χ0) is 21.1. The van der Waals surface area contributed by atoms with E-state index in [2.05, 4.69) is 24.5 Å². The second-order valence-corrected chi connectivity index (χ2v) is 10.5. The minimum Gasteiger partial charge on any atom is -0.397 e. The summed E-state index contributed by atoms with van der Waals surface area (Å²) in [6.45, 7) is 4.77. The third-order valence-corrected chi connectivity index (χ3v) is 9.02. The van der Waals surface area contributed by atoms with E-state index in [0.717, 1.165) is 12.3 Å². The van der Waals surface area contributed by atoms with Crippen molar-refractivity contribution in [3.05, 3.63) is 35.9 Å². The quantitative estimate of drug-likeness (QED) is 0.506. The summed E-state index contributed by atoms with van der Waals surface area (Å²) in [5.74, 6) is 1.39. The highest BCUT2D eigenvalue weighted by atomic mass is 16.2. The topological polar surface area (TPSA) is 84.2 Å². The fraction of sp³-hybridized carbons (Fsp3) is 0.600. The Morgan fingerprint density at radius 3 is 2.70 bits per heavy atom. The average Bonchev–Trinajstić information content (AvgIpc) is 3.11. The molecule has 30 heavy (non-hydrogen) atoms. The molecule has 1 unspecified atom stereocenters. The highest BCUT2D eigenvalue weighted by Gasteiger charge is 2.58. The van der Waals surface area contributed by atoms with Crippen molar-refractivity contribution < 1.29 is 9.59 Å². The summed E-state index contributed by atoms with van der Waals surface area (Å²) in [7, 11) is 0. The van der Waals surface area contributed by atoms with E-state index in [4.69, 9.17) is 5.73 Å². The first-order valence-corrected chi connectivity index (χ1v) is 11.5. The molecule has 0 saturated heterocycles. The molecule has 0 bridgehead atoms. The normalized spacial score (nSPS) is 39.8. The van der Waals surface area contributed by atoms with Gasteiger partial charge in [-0.05, 0) is 73.8 Å². The SMILES string of the molecule is C[C@@]12CCC[C@H]1[C@@H]1CCC3NC(=O)C(C(=O)Nc4ccccc4N)=C[C@]3(C)[C@@H]1CC2. The minimum absolute atomic E-state index is 0.121. The number of carbonyl (C=O) groups is 2. The number of hydrogen-bond donors (Lipinski definition) is 3. The largest absolute Gasteiger partial charge is 0.397 e. The van der Waals surface area contributed by atoms with Crippen LogP contribution in [0.25, 0.3) is 0 Å². The van der Waals surface area contributed by atoms with Gasteiger partial charge in [0.05, 0.1) is 11.4 Å². The third kappa shape index (κ3) is 2.89. The molecular formula is C25H33N3O2. The number of carbonyl (C=O) groups excluding carboxylic acids is 2. The molecule has 5 rings (SSSR count). The lowest BCUT2D eigenvalue weighted by molar-refractivity contribution is -0.126. The van der Waals surface area contributed by atoms with Gasteiger partial charge in [0.15, 0.2) is 0 Å². The molecule has 2 amide bonds. The van der Waals surface area contributed by atoms with E-state index >= 15 is 0 Å². The van der Waals surface area contributed by atoms with Gasteiger partial charge in [0, 0.05) is 11.5 Å². The van der Waals surface area contributed by atoms with Gasteiger partial charge in [-0.1, -0.05) is 38.5 Å². The van der Waals surface area contributed by atoms with E-state index in [-0.39, 0.29) is 28.8 Å². The van der Waals surface area contributed by atoms with Crippen molar-refractivity contribution in [1.29, 1.82) is 0 Å². The third-order valence-electron chi connectivity index (χ3n) is 9.02. The zero-order valence-corrected chi connectivity index (χ0v) is 18.0. The number of hydrogen-bond acceptors (Lipinski definition) is 3. The number of nitrogens with one attached hydrogen (secondary N) is 2. The van der Waals surface area contributed by atoms with Crippen molar-refractivity contribution in [3.63, 3.8) is 0 Å². The smallest absolute Gasteiger partial charge is 0.261 e.